The van der Waals surface area contributed by atoms with Crippen LogP contribution in [0.25, 0.3) is 0 Å². The number of nitro groups is 1. The molecule has 1 aromatic carbocycles. The highest BCUT2D eigenvalue weighted by Gasteiger charge is 2.15. The number of carbonyl (C=O) groups is 1. The minimum atomic E-state index is -0.569. The molecule has 7 heteroatoms. The third kappa shape index (κ3) is 3.53. The van der Waals surface area contributed by atoms with Gasteiger partial charge in [0, 0.05) is 36.3 Å². The summed E-state index contributed by atoms with van der Waals surface area (Å²) in [6.45, 7) is 2.14. The summed E-state index contributed by atoms with van der Waals surface area (Å²) in [6.07, 6.45) is 1.66. The van der Waals surface area contributed by atoms with E-state index < -0.39 is 10.8 Å². The quantitative estimate of drug-likeness (QED) is 0.506. The van der Waals surface area contributed by atoms with Crippen molar-refractivity contribution >= 4 is 17.3 Å². The number of nitrogens with one attached hydrogen (secondary N) is 1. The van der Waals surface area contributed by atoms with Crippen molar-refractivity contribution in [3.8, 4) is 0 Å². The van der Waals surface area contributed by atoms with Crippen molar-refractivity contribution in [2.45, 2.75) is 13.5 Å². The lowest BCUT2D eigenvalue weighted by Gasteiger charge is -2.07. The van der Waals surface area contributed by atoms with Gasteiger partial charge in [-0.2, -0.15) is 0 Å². The smallest absolute Gasteiger partial charge is 0.270 e. The Morgan fingerprint density at radius 1 is 1.38 bits per heavy atom. The molecule has 0 radical (unpaired) electrons. The molecule has 0 bridgehead atoms. The molecule has 1 heterocycles. The van der Waals surface area contributed by atoms with E-state index in [1.807, 2.05) is 19.1 Å². The summed E-state index contributed by atoms with van der Waals surface area (Å²) >= 11 is 0. The fourth-order valence-electron chi connectivity index (χ4n) is 1.74. The Morgan fingerprint density at radius 2 is 2.14 bits per heavy atom. The molecule has 0 spiro atoms. The molecule has 0 aliphatic heterocycles. The number of benzene rings is 1. The Morgan fingerprint density at radius 3 is 2.76 bits per heavy atom. The van der Waals surface area contributed by atoms with Crippen molar-refractivity contribution < 1.29 is 9.72 Å². The first-order valence-corrected chi connectivity index (χ1v) is 6.21. The summed E-state index contributed by atoms with van der Waals surface area (Å²) in [5.41, 5.74) is 7.50. The number of hydrogen-bond acceptors (Lipinski definition) is 5. The molecule has 2 aromatic rings. The summed E-state index contributed by atoms with van der Waals surface area (Å²) in [7, 11) is 0. The second-order valence-electron chi connectivity index (χ2n) is 4.52. The third-order valence-corrected chi connectivity index (χ3v) is 2.92. The van der Waals surface area contributed by atoms with Gasteiger partial charge >= 0.3 is 0 Å². The lowest BCUT2D eigenvalue weighted by atomic mass is 10.1. The molecule has 3 N–H and O–H groups in total. The van der Waals surface area contributed by atoms with E-state index in [2.05, 4.69) is 10.3 Å². The van der Waals surface area contributed by atoms with E-state index in [1.54, 1.807) is 6.20 Å². The second kappa shape index (κ2) is 6.00. The molecule has 21 heavy (non-hydrogen) atoms. The summed E-state index contributed by atoms with van der Waals surface area (Å²) in [4.78, 5) is 26.3. The van der Waals surface area contributed by atoms with Crippen LogP contribution in [0.1, 0.15) is 21.6 Å². The minimum absolute atomic E-state index is 0.0873. The first-order valence-electron chi connectivity index (χ1n) is 6.21. The van der Waals surface area contributed by atoms with Gasteiger partial charge in [0.2, 0.25) is 0 Å². The van der Waals surface area contributed by atoms with Gasteiger partial charge in [-0.05, 0) is 24.6 Å². The molecule has 0 saturated carbocycles. The standard InChI is InChI=1S/C14H14N4O3/c1-9-2-3-10(7-16-9)8-17-14(19)12-6-11(18(20)21)4-5-13(12)15/h2-7H,8,15H2,1H3,(H,17,19). The Labute approximate surface area is 121 Å². The van der Waals surface area contributed by atoms with Gasteiger partial charge in [0.1, 0.15) is 0 Å². The maximum atomic E-state index is 12.0. The van der Waals surface area contributed by atoms with Crippen LogP contribution < -0.4 is 11.1 Å². The van der Waals surface area contributed by atoms with E-state index >= 15 is 0 Å². The molecule has 0 atom stereocenters. The maximum Gasteiger partial charge on any atom is 0.270 e. The van der Waals surface area contributed by atoms with E-state index in [9.17, 15) is 14.9 Å². The highest BCUT2D eigenvalue weighted by Crippen LogP contribution is 2.19. The number of hydrogen-bond donors (Lipinski definition) is 2. The number of aromatic nitrogens is 1. The van der Waals surface area contributed by atoms with E-state index in [0.717, 1.165) is 17.3 Å². The predicted molar refractivity (Wildman–Crippen MR) is 77.7 cm³/mol. The van der Waals surface area contributed by atoms with E-state index in [1.165, 1.54) is 12.1 Å². The topological polar surface area (TPSA) is 111 Å². The monoisotopic (exact) mass is 286 g/mol. The molecule has 0 aliphatic carbocycles. The van der Waals surface area contributed by atoms with Crippen molar-refractivity contribution in [3.05, 3.63) is 63.5 Å². The summed E-state index contributed by atoms with van der Waals surface area (Å²) in [5, 5.41) is 13.4. The van der Waals surface area contributed by atoms with Crippen LogP contribution in [0, 0.1) is 17.0 Å². The lowest BCUT2D eigenvalue weighted by Crippen LogP contribution is -2.24. The van der Waals surface area contributed by atoms with Gasteiger partial charge in [0.25, 0.3) is 11.6 Å². The number of pyridine rings is 1. The summed E-state index contributed by atoms with van der Waals surface area (Å²) in [5.74, 6) is -0.461. The van der Waals surface area contributed by atoms with Crippen molar-refractivity contribution in [2.24, 2.45) is 0 Å². The molecule has 1 amide bonds. The van der Waals surface area contributed by atoms with Gasteiger partial charge in [-0.3, -0.25) is 19.9 Å². The number of nitro benzene ring substituents is 1. The van der Waals surface area contributed by atoms with Crippen LogP contribution in [-0.2, 0) is 6.54 Å². The van der Waals surface area contributed by atoms with Gasteiger partial charge < -0.3 is 11.1 Å². The second-order valence-corrected chi connectivity index (χ2v) is 4.52. The van der Waals surface area contributed by atoms with Crippen molar-refractivity contribution in [1.29, 1.82) is 0 Å². The SMILES string of the molecule is Cc1ccc(CNC(=O)c2cc([N+](=O)[O-])ccc2N)cn1. The zero-order valence-corrected chi connectivity index (χ0v) is 11.4. The Kier molecular flexibility index (Phi) is 4.13. The Balaban J connectivity index is 2.11. The van der Waals surface area contributed by atoms with Crippen LogP contribution in [0.5, 0.6) is 0 Å². The molecule has 0 unspecified atom stereocenters. The highest BCUT2D eigenvalue weighted by atomic mass is 16.6. The summed E-state index contributed by atoms with van der Waals surface area (Å²) < 4.78 is 0. The van der Waals surface area contributed by atoms with Gasteiger partial charge in [0.15, 0.2) is 0 Å². The Hall–Kier alpha value is -2.96. The minimum Gasteiger partial charge on any atom is -0.398 e. The van der Waals surface area contributed by atoms with Crippen LogP contribution in [-0.4, -0.2) is 15.8 Å². The molecule has 0 saturated heterocycles. The number of nitrogens with two attached hydrogens (primary N) is 1. The number of anilines is 1. The third-order valence-electron chi connectivity index (χ3n) is 2.92. The average Bonchev–Trinajstić information content (AvgIpc) is 2.46. The zero-order valence-electron chi connectivity index (χ0n) is 11.4. The molecule has 0 fully saturated rings. The van der Waals surface area contributed by atoms with Crippen LogP contribution in [0.15, 0.2) is 36.5 Å². The molecule has 108 valence electrons. The molecular formula is C14H14N4O3. The number of nitrogens with zero attached hydrogens (tertiary/aromatic N) is 2. The number of non-ortho nitro benzene ring substituents is 1. The number of rotatable bonds is 4. The van der Waals surface area contributed by atoms with Crippen LogP contribution in [0.4, 0.5) is 11.4 Å². The average molecular weight is 286 g/mol. The molecule has 2 rings (SSSR count). The van der Waals surface area contributed by atoms with E-state index in [0.29, 0.717) is 0 Å². The van der Waals surface area contributed by atoms with E-state index in [-0.39, 0.29) is 23.5 Å². The predicted octanol–water partition coefficient (Wildman–Crippen LogP) is 1.81. The van der Waals surface area contributed by atoms with Gasteiger partial charge in [-0.25, -0.2) is 0 Å². The number of aryl methyl sites for hydroxylation is 1. The van der Waals surface area contributed by atoms with Gasteiger partial charge in [0.05, 0.1) is 10.5 Å². The van der Waals surface area contributed by atoms with Gasteiger partial charge in [-0.1, -0.05) is 6.07 Å². The number of carbonyl (C=O) groups excluding carboxylic acids is 1. The van der Waals surface area contributed by atoms with Crippen LogP contribution in [0.3, 0.4) is 0 Å². The number of nitrogen functional groups attached to an aromatic ring is 1. The van der Waals surface area contributed by atoms with Crippen molar-refractivity contribution in [2.75, 3.05) is 5.73 Å². The van der Waals surface area contributed by atoms with Crippen molar-refractivity contribution in [3.63, 3.8) is 0 Å². The van der Waals surface area contributed by atoms with Crippen LogP contribution in [0.2, 0.25) is 0 Å². The fraction of sp³-hybridized carbons (Fsp3) is 0.143. The number of amides is 1. The van der Waals surface area contributed by atoms with Crippen molar-refractivity contribution in [1.82, 2.24) is 10.3 Å². The Bertz CT molecular complexity index is 683. The normalized spacial score (nSPS) is 10.1. The lowest BCUT2D eigenvalue weighted by molar-refractivity contribution is -0.384. The molecule has 7 nitrogen and oxygen atoms in total. The summed E-state index contributed by atoms with van der Waals surface area (Å²) in [6, 6.07) is 7.46. The molecule has 1 aromatic heterocycles. The molecular weight excluding hydrogens is 272 g/mol. The highest BCUT2D eigenvalue weighted by molar-refractivity contribution is 5.99. The van der Waals surface area contributed by atoms with E-state index in [4.69, 9.17) is 5.73 Å². The zero-order chi connectivity index (χ0) is 15.4. The largest absolute Gasteiger partial charge is 0.398 e. The van der Waals surface area contributed by atoms with Crippen LogP contribution >= 0.6 is 0 Å². The molecule has 0 aliphatic rings. The fourth-order valence-corrected chi connectivity index (χ4v) is 1.74. The first-order chi connectivity index (χ1) is 9.97. The maximum absolute atomic E-state index is 12.0. The first kappa shape index (κ1) is 14.4. The van der Waals surface area contributed by atoms with Gasteiger partial charge in [-0.15, -0.1) is 0 Å².